The predicted molar refractivity (Wildman–Crippen MR) is 107 cm³/mol. The molecule has 4 N–H and O–H groups in total. The summed E-state index contributed by atoms with van der Waals surface area (Å²) >= 11 is 0. The lowest BCUT2D eigenvalue weighted by molar-refractivity contribution is -0.120. The van der Waals surface area contributed by atoms with Crippen molar-refractivity contribution in [2.24, 2.45) is 5.92 Å². The second kappa shape index (κ2) is 7.42. The second-order valence-corrected chi connectivity index (χ2v) is 7.18. The lowest BCUT2D eigenvalue weighted by Gasteiger charge is -2.20. The first-order valence-corrected chi connectivity index (χ1v) is 9.41. The first kappa shape index (κ1) is 18.2. The van der Waals surface area contributed by atoms with Gasteiger partial charge in [0.05, 0.1) is 16.6 Å². The molecule has 1 saturated carbocycles. The van der Waals surface area contributed by atoms with Crippen LogP contribution < -0.4 is 16.6 Å². The van der Waals surface area contributed by atoms with Crippen LogP contribution in [0.25, 0.3) is 22.2 Å². The third-order valence-electron chi connectivity index (χ3n) is 5.25. The van der Waals surface area contributed by atoms with Gasteiger partial charge in [0.15, 0.2) is 0 Å². The largest absolute Gasteiger partial charge is 0.398 e. The summed E-state index contributed by atoms with van der Waals surface area (Å²) in [6.45, 7) is 0. The van der Waals surface area contributed by atoms with Crippen LogP contribution >= 0.6 is 0 Å². The third kappa shape index (κ3) is 3.47. The summed E-state index contributed by atoms with van der Waals surface area (Å²) in [5.41, 5.74) is 7.28. The highest BCUT2D eigenvalue weighted by molar-refractivity contribution is 5.94. The summed E-state index contributed by atoms with van der Waals surface area (Å²) in [5, 5.41) is 3.09. The molecule has 0 bridgehead atoms. The van der Waals surface area contributed by atoms with Crippen molar-refractivity contribution in [1.82, 2.24) is 9.97 Å². The zero-order chi connectivity index (χ0) is 19.7. The third-order valence-corrected chi connectivity index (χ3v) is 5.25. The van der Waals surface area contributed by atoms with Crippen LogP contribution in [-0.2, 0) is 4.79 Å². The van der Waals surface area contributed by atoms with Crippen molar-refractivity contribution in [3.8, 4) is 11.3 Å². The molecule has 0 aliphatic heterocycles. The van der Waals surface area contributed by atoms with Crippen molar-refractivity contribution in [1.29, 1.82) is 0 Å². The van der Waals surface area contributed by atoms with E-state index in [1.807, 2.05) is 0 Å². The smallest absolute Gasteiger partial charge is 0.259 e. The normalized spacial score (nSPS) is 14.9. The maximum Gasteiger partial charge on any atom is 0.259 e. The van der Waals surface area contributed by atoms with E-state index in [1.165, 1.54) is 24.8 Å². The van der Waals surface area contributed by atoms with Gasteiger partial charge in [0.1, 0.15) is 5.82 Å². The number of benzene rings is 1. The number of H-pyrrole nitrogens is 1. The van der Waals surface area contributed by atoms with Gasteiger partial charge in [0.2, 0.25) is 5.91 Å². The number of fused-ring (bicyclic) bond motifs is 1. The van der Waals surface area contributed by atoms with Crippen LogP contribution in [0.3, 0.4) is 0 Å². The number of aromatic nitrogens is 2. The second-order valence-electron chi connectivity index (χ2n) is 7.18. The van der Waals surface area contributed by atoms with Gasteiger partial charge >= 0.3 is 0 Å². The van der Waals surface area contributed by atoms with Gasteiger partial charge < -0.3 is 16.0 Å². The van der Waals surface area contributed by atoms with Crippen LogP contribution in [0, 0.1) is 11.7 Å². The van der Waals surface area contributed by atoms with E-state index < -0.39 is 5.82 Å². The molecule has 0 atom stereocenters. The van der Waals surface area contributed by atoms with Crippen molar-refractivity contribution < 1.29 is 9.18 Å². The average Bonchev–Trinajstić information content (AvgIpc) is 2.68. The maximum atomic E-state index is 14.7. The highest BCUT2D eigenvalue weighted by Gasteiger charge is 2.21. The summed E-state index contributed by atoms with van der Waals surface area (Å²) in [7, 11) is 0. The number of halogens is 1. The number of carbonyl (C=O) groups excluding carboxylic acids is 1. The number of hydrogen-bond donors (Lipinski definition) is 3. The molecule has 1 aliphatic carbocycles. The first-order valence-electron chi connectivity index (χ1n) is 9.41. The van der Waals surface area contributed by atoms with Gasteiger partial charge in [-0.25, -0.2) is 9.37 Å². The van der Waals surface area contributed by atoms with Gasteiger partial charge in [-0.3, -0.25) is 9.59 Å². The molecule has 144 valence electrons. The van der Waals surface area contributed by atoms with Gasteiger partial charge in [-0.2, -0.15) is 0 Å². The topological polar surface area (TPSA) is 101 Å². The number of hydrogen-bond acceptors (Lipinski definition) is 4. The SMILES string of the molecule is Nc1cc(-c2ccc(NC(=O)C3CCCCC3)cc2F)nc2cc[nH]c(=O)c12. The molecule has 4 rings (SSSR count). The lowest BCUT2D eigenvalue weighted by atomic mass is 9.88. The Balaban J connectivity index is 1.62. The summed E-state index contributed by atoms with van der Waals surface area (Å²) < 4.78 is 14.7. The fourth-order valence-electron chi connectivity index (χ4n) is 3.77. The van der Waals surface area contributed by atoms with E-state index in [4.69, 9.17) is 5.73 Å². The summed E-state index contributed by atoms with van der Waals surface area (Å²) in [4.78, 5) is 31.2. The van der Waals surface area contributed by atoms with Gasteiger partial charge in [-0.15, -0.1) is 0 Å². The zero-order valence-electron chi connectivity index (χ0n) is 15.3. The number of aromatic amines is 1. The Morgan fingerprint density at radius 1 is 1.18 bits per heavy atom. The quantitative estimate of drug-likeness (QED) is 0.643. The molecule has 1 amide bonds. The molecular formula is C21H21FN4O2. The highest BCUT2D eigenvalue weighted by atomic mass is 19.1. The van der Waals surface area contributed by atoms with Crippen LogP contribution in [0.5, 0.6) is 0 Å². The minimum atomic E-state index is -0.516. The molecule has 7 heteroatoms. The van der Waals surface area contributed by atoms with E-state index in [0.717, 1.165) is 25.7 Å². The molecule has 1 aliphatic rings. The van der Waals surface area contributed by atoms with Crippen LogP contribution in [0.15, 0.2) is 41.3 Å². The van der Waals surface area contributed by atoms with Gasteiger partial charge in [0, 0.05) is 29.1 Å². The molecule has 2 aromatic heterocycles. The minimum absolute atomic E-state index is 0.00321. The van der Waals surface area contributed by atoms with E-state index in [-0.39, 0.29) is 34.0 Å². The molecule has 0 unspecified atom stereocenters. The van der Waals surface area contributed by atoms with E-state index >= 15 is 0 Å². The van der Waals surface area contributed by atoms with Gasteiger partial charge in [0.25, 0.3) is 5.56 Å². The fourth-order valence-corrected chi connectivity index (χ4v) is 3.77. The van der Waals surface area contributed by atoms with Crippen LogP contribution in [0.4, 0.5) is 15.8 Å². The van der Waals surface area contributed by atoms with E-state index in [9.17, 15) is 14.0 Å². The van der Waals surface area contributed by atoms with E-state index in [2.05, 4.69) is 15.3 Å². The molecule has 0 spiro atoms. The molecule has 1 aromatic carbocycles. The monoisotopic (exact) mass is 380 g/mol. The molecule has 0 saturated heterocycles. The lowest BCUT2D eigenvalue weighted by Crippen LogP contribution is -2.24. The molecule has 0 radical (unpaired) electrons. The minimum Gasteiger partial charge on any atom is -0.398 e. The standard InChI is InChI=1S/C21H21FN4O2/c22-15-10-13(25-20(27)12-4-2-1-3-5-12)6-7-14(15)18-11-16(23)19-17(26-18)8-9-24-21(19)28/h6-12H,1-5H2,(H2,23,26)(H,24,28)(H,25,27). The highest BCUT2D eigenvalue weighted by Crippen LogP contribution is 2.29. The van der Waals surface area contributed by atoms with Crippen molar-refractivity contribution in [3.05, 3.63) is 52.7 Å². The van der Waals surface area contributed by atoms with E-state index in [0.29, 0.717) is 16.9 Å². The fraction of sp³-hybridized carbons (Fsp3) is 0.286. The molecule has 28 heavy (non-hydrogen) atoms. The molecular weight excluding hydrogens is 359 g/mol. The Bertz CT molecular complexity index is 1100. The number of amides is 1. The summed E-state index contributed by atoms with van der Waals surface area (Å²) in [5.74, 6) is -0.576. The Morgan fingerprint density at radius 3 is 2.71 bits per heavy atom. The predicted octanol–water partition coefficient (Wildman–Crippen LogP) is 3.83. The van der Waals surface area contributed by atoms with Gasteiger partial charge in [-0.05, 0) is 43.2 Å². The van der Waals surface area contributed by atoms with Crippen molar-refractivity contribution in [3.63, 3.8) is 0 Å². The van der Waals surface area contributed by atoms with Crippen molar-refractivity contribution in [2.75, 3.05) is 11.1 Å². The first-order chi connectivity index (χ1) is 13.5. The Morgan fingerprint density at radius 2 is 1.96 bits per heavy atom. The molecule has 6 nitrogen and oxygen atoms in total. The Hall–Kier alpha value is -3.22. The number of anilines is 2. The Labute approximate surface area is 161 Å². The number of carbonyl (C=O) groups is 1. The number of nitrogens with zero attached hydrogens (tertiary/aromatic N) is 1. The average molecular weight is 380 g/mol. The molecule has 1 fully saturated rings. The number of pyridine rings is 2. The zero-order valence-corrected chi connectivity index (χ0v) is 15.3. The maximum absolute atomic E-state index is 14.7. The Kier molecular flexibility index (Phi) is 4.81. The molecule has 2 heterocycles. The molecule has 3 aromatic rings. The van der Waals surface area contributed by atoms with Crippen LogP contribution in [0.1, 0.15) is 32.1 Å². The number of nitrogens with two attached hydrogens (primary N) is 1. The number of nitrogens with one attached hydrogen (secondary N) is 2. The van der Waals surface area contributed by atoms with Crippen LogP contribution in [0.2, 0.25) is 0 Å². The summed E-state index contributed by atoms with van der Waals surface area (Å²) in [6.07, 6.45) is 6.52. The van der Waals surface area contributed by atoms with E-state index in [1.54, 1.807) is 18.2 Å². The summed E-state index contributed by atoms with van der Waals surface area (Å²) in [6, 6.07) is 7.60. The number of nitrogen functional groups attached to an aromatic ring is 1. The van der Waals surface area contributed by atoms with Gasteiger partial charge in [-0.1, -0.05) is 19.3 Å². The van der Waals surface area contributed by atoms with Crippen molar-refractivity contribution in [2.45, 2.75) is 32.1 Å². The van der Waals surface area contributed by atoms with Crippen molar-refractivity contribution >= 4 is 28.2 Å². The number of rotatable bonds is 3. The van der Waals surface area contributed by atoms with Crippen LogP contribution in [-0.4, -0.2) is 15.9 Å².